The molecule has 0 radical (unpaired) electrons. The van der Waals surface area contributed by atoms with E-state index in [-0.39, 0.29) is 25.3 Å². The number of anilines is 1. The predicted octanol–water partition coefficient (Wildman–Crippen LogP) is 2.80. The first kappa shape index (κ1) is 31.9. The number of aldehydes is 1. The second-order valence-electron chi connectivity index (χ2n) is 6.67. The van der Waals surface area contributed by atoms with Gasteiger partial charge in [0.2, 0.25) is 0 Å². The van der Waals surface area contributed by atoms with Crippen molar-refractivity contribution in [3.8, 4) is 0 Å². The van der Waals surface area contributed by atoms with Crippen LogP contribution in [-0.4, -0.2) is 68.3 Å². The Morgan fingerprint density at radius 1 is 1.38 bits per heavy atom. The number of pyridine rings is 1. The molecule has 0 aliphatic carbocycles. The van der Waals surface area contributed by atoms with Gasteiger partial charge in [0.25, 0.3) is 5.92 Å². The molecule has 1 aromatic rings. The zero-order valence-electron chi connectivity index (χ0n) is 20.5. The zero-order valence-corrected chi connectivity index (χ0v) is 20.5. The second kappa shape index (κ2) is 17.3. The Morgan fingerprint density at radius 3 is 2.31 bits per heavy atom. The summed E-state index contributed by atoms with van der Waals surface area (Å²) in [6.07, 6.45) is 1.72. The largest absolute Gasteiger partial charge is 0.395 e. The summed E-state index contributed by atoms with van der Waals surface area (Å²) in [6, 6.07) is 3.44. The van der Waals surface area contributed by atoms with Crippen LogP contribution in [0.5, 0.6) is 0 Å². The molecule has 0 amide bonds. The molecule has 0 bridgehead atoms. The average Bonchev–Trinajstić information content (AvgIpc) is 2.75. The average molecular weight is 462 g/mol. The maximum Gasteiger partial charge on any atom is 0.265 e. The number of methoxy groups -OCH3 is 1. The molecule has 1 saturated heterocycles. The highest BCUT2D eigenvalue weighted by molar-refractivity contribution is 5.65. The maximum absolute atomic E-state index is 13.7. The molecule has 1 fully saturated rings. The Morgan fingerprint density at radius 2 is 1.91 bits per heavy atom. The Hall–Kier alpha value is -2.30. The number of likely N-dealkylation sites (N-methyl/N-ethyl adjacent to an activating group) is 1. The highest BCUT2D eigenvalue weighted by Crippen LogP contribution is 2.32. The Bertz CT molecular complexity index is 686. The molecule has 0 atom stereocenters. The first-order valence-corrected chi connectivity index (χ1v) is 10.6. The van der Waals surface area contributed by atoms with Crippen molar-refractivity contribution in [2.24, 2.45) is 11.6 Å². The van der Waals surface area contributed by atoms with E-state index < -0.39 is 5.92 Å². The van der Waals surface area contributed by atoms with E-state index in [9.17, 15) is 13.9 Å². The van der Waals surface area contributed by atoms with Crippen LogP contribution >= 0.6 is 0 Å². The van der Waals surface area contributed by atoms with Gasteiger partial charge in [-0.15, -0.1) is 0 Å². The van der Waals surface area contributed by atoms with Crippen molar-refractivity contribution in [1.29, 1.82) is 0 Å². The quantitative estimate of drug-likeness (QED) is 0.348. The summed E-state index contributed by atoms with van der Waals surface area (Å²) < 4.78 is 31.6. The second-order valence-corrected chi connectivity index (χ2v) is 6.67. The van der Waals surface area contributed by atoms with Crippen molar-refractivity contribution in [1.82, 2.24) is 9.99 Å². The number of nitrogens with zero attached hydrogens (tertiary/aromatic N) is 3. The molecule has 1 aromatic heterocycles. The highest BCUT2D eigenvalue weighted by Gasteiger charge is 2.35. The number of nitrogens with two attached hydrogens (primary N) is 2. The monoisotopic (exact) mass is 461 g/mol. The smallest absolute Gasteiger partial charge is 0.265 e. The van der Waals surface area contributed by atoms with E-state index in [1.54, 1.807) is 38.3 Å². The number of aromatic nitrogens is 1. The summed E-state index contributed by atoms with van der Waals surface area (Å²) in [5.74, 6) is 2.98. The molecule has 32 heavy (non-hydrogen) atoms. The highest BCUT2D eigenvalue weighted by atomic mass is 19.3. The number of aryl methyl sites for hydroxylation is 1. The minimum atomic E-state index is -2.67. The number of hydrogen-bond acceptors (Lipinski definition) is 8. The number of ether oxygens (including phenoxy) is 1. The predicted molar refractivity (Wildman–Crippen MR) is 126 cm³/mol. The lowest BCUT2D eigenvalue weighted by Gasteiger charge is -2.35. The van der Waals surface area contributed by atoms with E-state index in [0.717, 1.165) is 6.29 Å². The normalized spacial score (nSPS) is 14.9. The number of hydrazine groups is 1. The van der Waals surface area contributed by atoms with E-state index in [2.05, 4.69) is 9.72 Å². The number of piperidine rings is 1. The fraction of sp³-hybridized carbons (Fsp3) is 0.636. The van der Waals surface area contributed by atoms with Crippen molar-refractivity contribution < 1.29 is 23.4 Å². The van der Waals surface area contributed by atoms with Crippen molar-refractivity contribution in [3.63, 3.8) is 0 Å². The van der Waals surface area contributed by atoms with Crippen LogP contribution in [0.25, 0.3) is 5.70 Å². The van der Waals surface area contributed by atoms with Crippen molar-refractivity contribution in [3.05, 3.63) is 29.2 Å². The number of carbonyl (C=O) groups excluding carboxylic acids is 1. The fourth-order valence-corrected chi connectivity index (χ4v) is 2.90. The van der Waals surface area contributed by atoms with Crippen LogP contribution in [0.2, 0.25) is 0 Å². The van der Waals surface area contributed by atoms with Crippen LogP contribution in [-0.2, 0) is 16.0 Å². The van der Waals surface area contributed by atoms with Gasteiger partial charge in [0, 0.05) is 34.2 Å². The van der Waals surface area contributed by atoms with Gasteiger partial charge in [-0.25, -0.2) is 19.6 Å². The molecule has 2 heterocycles. The molecule has 10 heteroatoms. The summed E-state index contributed by atoms with van der Waals surface area (Å²) in [5.41, 5.74) is 8.55. The fourth-order valence-electron chi connectivity index (χ4n) is 2.90. The summed E-state index contributed by atoms with van der Waals surface area (Å²) in [6.45, 7) is 7.34. The number of aliphatic hydroxyl groups excluding tert-OH is 1. The Labute approximate surface area is 191 Å². The molecule has 1 aliphatic heterocycles. The van der Waals surface area contributed by atoms with Crippen LogP contribution in [0.4, 0.5) is 14.5 Å². The summed E-state index contributed by atoms with van der Waals surface area (Å²) in [4.78, 5) is 15.0. The van der Waals surface area contributed by atoms with Gasteiger partial charge in [-0.1, -0.05) is 20.8 Å². The van der Waals surface area contributed by atoms with Gasteiger partial charge in [0.15, 0.2) is 0 Å². The molecular formula is C22H41F2N5O3. The van der Waals surface area contributed by atoms with Crippen LogP contribution in [0, 0.1) is 0 Å². The maximum atomic E-state index is 13.7. The van der Waals surface area contributed by atoms with Crippen LogP contribution in [0.1, 0.15) is 51.9 Å². The van der Waals surface area contributed by atoms with Crippen molar-refractivity contribution >= 4 is 17.7 Å². The van der Waals surface area contributed by atoms with Gasteiger partial charge in [-0.05, 0) is 31.9 Å². The molecule has 0 aromatic carbocycles. The van der Waals surface area contributed by atoms with Crippen molar-refractivity contribution in [2.45, 2.75) is 52.9 Å². The van der Waals surface area contributed by atoms with Crippen LogP contribution < -0.4 is 16.5 Å². The summed E-state index contributed by atoms with van der Waals surface area (Å²) in [7, 11) is 4.82. The molecule has 0 saturated carbocycles. The number of alkyl halides is 2. The van der Waals surface area contributed by atoms with Gasteiger partial charge in [0.05, 0.1) is 41.6 Å². The van der Waals surface area contributed by atoms with E-state index in [0.29, 0.717) is 42.2 Å². The SMILES string of the molecule is CC.CC=O.CCc1nc(/C(N)=C(\CO)N(C)N)ccc1N1CCCC(F)(F)C1.COC. The number of halogens is 2. The van der Waals surface area contributed by atoms with E-state index in [4.69, 9.17) is 16.4 Å². The minimum absolute atomic E-state index is 0.0746. The molecule has 186 valence electrons. The number of hydrogen-bond donors (Lipinski definition) is 3. The lowest BCUT2D eigenvalue weighted by atomic mass is 10.1. The van der Waals surface area contributed by atoms with Gasteiger partial charge >= 0.3 is 0 Å². The van der Waals surface area contributed by atoms with Crippen molar-refractivity contribution in [2.75, 3.05) is 45.9 Å². The standard InChI is InChI=1S/C16H25F2N5O.C2H6O.C2H4O.C2H6/c1-3-11-13(23-8-4-7-16(17,18)10-23)6-5-12(21-11)15(19)14(9-24)22(2)20;1-3-2;1-2-3;1-2/h5-6,24H,3-4,7-10,19-20H2,1-2H3;1-2H3;2H,1H3;1-2H3/b15-14-;;;. The molecule has 8 nitrogen and oxygen atoms in total. The third kappa shape index (κ3) is 10.8. The molecule has 5 N–H and O–H groups in total. The Kier molecular flexibility index (Phi) is 17.2. The molecule has 0 spiro atoms. The zero-order chi connectivity index (χ0) is 25.3. The summed E-state index contributed by atoms with van der Waals surface area (Å²) >= 11 is 0. The number of aliphatic hydroxyl groups is 1. The van der Waals surface area contributed by atoms with Gasteiger partial charge in [-0.3, -0.25) is 0 Å². The molecule has 0 unspecified atom stereocenters. The summed E-state index contributed by atoms with van der Waals surface area (Å²) in [5, 5.41) is 10.6. The van der Waals surface area contributed by atoms with E-state index in [1.807, 2.05) is 20.8 Å². The third-order valence-corrected chi connectivity index (χ3v) is 4.18. The minimum Gasteiger partial charge on any atom is -0.395 e. The lowest BCUT2D eigenvalue weighted by molar-refractivity contribution is -0.106. The van der Waals surface area contributed by atoms with Gasteiger partial charge in [0.1, 0.15) is 6.29 Å². The van der Waals surface area contributed by atoms with Crippen LogP contribution in [0.3, 0.4) is 0 Å². The molecular weight excluding hydrogens is 420 g/mol. The lowest BCUT2D eigenvalue weighted by Crippen LogP contribution is -2.43. The topological polar surface area (TPSA) is 118 Å². The first-order valence-electron chi connectivity index (χ1n) is 10.6. The first-order chi connectivity index (χ1) is 15.1. The van der Waals surface area contributed by atoms with E-state index in [1.165, 1.54) is 11.9 Å². The number of carbonyl (C=O) groups is 1. The molecule has 1 aliphatic rings. The molecule has 2 rings (SSSR count). The van der Waals surface area contributed by atoms with Gasteiger partial charge < -0.3 is 30.3 Å². The van der Waals surface area contributed by atoms with Gasteiger partial charge in [-0.2, -0.15) is 0 Å². The van der Waals surface area contributed by atoms with Crippen LogP contribution in [0.15, 0.2) is 17.8 Å². The number of rotatable bonds is 5. The third-order valence-electron chi connectivity index (χ3n) is 4.18. The Balaban J connectivity index is 0. The van der Waals surface area contributed by atoms with E-state index >= 15 is 0 Å².